The summed E-state index contributed by atoms with van der Waals surface area (Å²) in [6.45, 7) is 9.42. The highest BCUT2D eigenvalue weighted by Gasteiger charge is 2.03. The van der Waals surface area contributed by atoms with Gasteiger partial charge < -0.3 is 10.6 Å². The van der Waals surface area contributed by atoms with Gasteiger partial charge in [-0.3, -0.25) is 5.10 Å². The first-order valence-electron chi connectivity index (χ1n) is 5.67. The average molecular weight is 210 g/mol. The van der Waals surface area contributed by atoms with Crippen molar-refractivity contribution in [1.29, 1.82) is 0 Å². The maximum absolute atomic E-state index is 3.99. The molecule has 0 spiro atoms. The Balaban J connectivity index is 2.16. The van der Waals surface area contributed by atoms with Gasteiger partial charge in [0.2, 0.25) is 0 Å². The zero-order valence-corrected chi connectivity index (χ0v) is 9.93. The second-order valence-electron chi connectivity index (χ2n) is 4.01. The highest BCUT2D eigenvalue weighted by Crippen LogP contribution is 2.01. The predicted molar refractivity (Wildman–Crippen MR) is 62.8 cm³/mol. The van der Waals surface area contributed by atoms with Crippen LogP contribution in [0.3, 0.4) is 0 Å². The quantitative estimate of drug-likeness (QED) is 0.593. The SMILES string of the molecule is CCCNCC(C)NCc1cn[nH]c1C. The van der Waals surface area contributed by atoms with Gasteiger partial charge >= 0.3 is 0 Å². The van der Waals surface area contributed by atoms with Crippen LogP contribution in [0.5, 0.6) is 0 Å². The predicted octanol–water partition coefficient (Wildman–Crippen LogP) is 1.20. The number of hydrogen-bond acceptors (Lipinski definition) is 3. The van der Waals surface area contributed by atoms with Crippen LogP contribution < -0.4 is 10.6 Å². The Kier molecular flexibility index (Phi) is 5.36. The molecular weight excluding hydrogens is 188 g/mol. The highest BCUT2D eigenvalue weighted by atomic mass is 15.1. The van der Waals surface area contributed by atoms with Crippen LogP contribution >= 0.6 is 0 Å². The number of nitrogens with one attached hydrogen (secondary N) is 3. The smallest absolute Gasteiger partial charge is 0.0535 e. The molecule has 0 aromatic carbocycles. The number of aromatic nitrogens is 2. The van der Waals surface area contributed by atoms with E-state index in [0.29, 0.717) is 6.04 Å². The Bertz CT molecular complexity index is 269. The summed E-state index contributed by atoms with van der Waals surface area (Å²) in [5.41, 5.74) is 2.40. The minimum absolute atomic E-state index is 0.492. The van der Waals surface area contributed by atoms with Crippen LogP contribution in [0.1, 0.15) is 31.5 Å². The molecule has 0 saturated carbocycles. The molecule has 1 unspecified atom stereocenters. The van der Waals surface area contributed by atoms with Gasteiger partial charge in [0.15, 0.2) is 0 Å². The van der Waals surface area contributed by atoms with E-state index in [1.165, 1.54) is 12.0 Å². The van der Waals surface area contributed by atoms with E-state index in [2.05, 4.69) is 34.7 Å². The zero-order valence-electron chi connectivity index (χ0n) is 9.93. The Morgan fingerprint density at radius 2 is 2.33 bits per heavy atom. The van der Waals surface area contributed by atoms with Gasteiger partial charge in [0.1, 0.15) is 0 Å². The second-order valence-corrected chi connectivity index (χ2v) is 4.01. The molecule has 1 rings (SSSR count). The first kappa shape index (κ1) is 12.2. The van der Waals surface area contributed by atoms with E-state index in [4.69, 9.17) is 0 Å². The van der Waals surface area contributed by atoms with E-state index in [1.54, 1.807) is 0 Å². The van der Waals surface area contributed by atoms with Gasteiger partial charge in [0.05, 0.1) is 6.20 Å². The number of rotatable bonds is 7. The molecule has 0 aliphatic carbocycles. The van der Waals surface area contributed by atoms with E-state index in [-0.39, 0.29) is 0 Å². The van der Waals surface area contributed by atoms with Crippen molar-refractivity contribution in [3.63, 3.8) is 0 Å². The lowest BCUT2D eigenvalue weighted by molar-refractivity contribution is 0.501. The van der Waals surface area contributed by atoms with E-state index in [0.717, 1.165) is 25.3 Å². The second kappa shape index (κ2) is 6.58. The molecule has 86 valence electrons. The Morgan fingerprint density at radius 3 is 2.93 bits per heavy atom. The normalized spacial score (nSPS) is 13.0. The molecule has 0 fully saturated rings. The molecule has 0 bridgehead atoms. The molecule has 15 heavy (non-hydrogen) atoms. The van der Waals surface area contributed by atoms with Crippen molar-refractivity contribution in [2.24, 2.45) is 0 Å². The molecule has 0 amide bonds. The van der Waals surface area contributed by atoms with Gasteiger partial charge in [-0.15, -0.1) is 0 Å². The lowest BCUT2D eigenvalue weighted by atomic mass is 10.2. The van der Waals surface area contributed by atoms with Crippen molar-refractivity contribution in [2.45, 2.75) is 39.8 Å². The molecule has 1 aromatic rings. The largest absolute Gasteiger partial charge is 0.315 e. The van der Waals surface area contributed by atoms with Crippen LogP contribution in [0.15, 0.2) is 6.20 Å². The monoisotopic (exact) mass is 210 g/mol. The molecule has 1 heterocycles. The third kappa shape index (κ3) is 4.44. The van der Waals surface area contributed by atoms with Gasteiger partial charge in [-0.25, -0.2) is 0 Å². The topological polar surface area (TPSA) is 52.7 Å². The summed E-state index contributed by atoms with van der Waals surface area (Å²) in [4.78, 5) is 0. The van der Waals surface area contributed by atoms with Gasteiger partial charge in [-0.05, 0) is 26.8 Å². The highest BCUT2D eigenvalue weighted by molar-refractivity contribution is 5.13. The Morgan fingerprint density at radius 1 is 1.53 bits per heavy atom. The molecular formula is C11H22N4. The maximum Gasteiger partial charge on any atom is 0.0535 e. The summed E-state index contributed by atoms with van der Waals surface area (Å²) in [7, 11) is 0. The fourth-order valence-electron chi connectivity index (χ4n) is 1.41. The fraction of sp³-hybridized carbons (Fsp3) is 0.727. The fourth-order valence-corrected chi connectivity index (χ4v) is 1.41. The molecule has 0 aliphatic heterocycles. The number of aryl methyl sites for hydroxylation is 1. The summed E-state index contributed by atoms with van der Waals surface area (Å²) >= 11 is 0. The standard InChI is InChI=1S/C11H22N4/c1-4-5-12-6-9(2)13-7-11-8-14-15-10(11)3/h8-9,12-13H,4-7H2,1-3H3,(H,14,15). The van der Waals surface area contributed by atoms with Gasteiger partial charge in [-0.1, -0.05) is 6.92 Å². The van der Waals surface area contributed by atoms with Crippen LogP contribution in [-0.4, -0.2) is 29.3 Å². The van der Waals surface area contributed by atoms with E-state index in [9.17, 15) is 0 Å². The zero-order chi connectivity index (χ0) is 11.1. The Hall–Kier alpha value is -0.870. The summed E-state index contributed by atoms with van der Waals surface area (Å²) in [6, 6.07) is 0.492. The van der Waals surface area contributed by atoms with Crippen molar-refractivity contribution < 1.29 is 0 Å². The minimum Gasteiger partial charge on any atom is -0.315 e. The molecule has 3 N–H and O–H groups in total. The van der Waals surface area contributed by atoms with Crippen LogP contribution in [0, 0.1) is 6.92 Å². The lowest BCUT2D eigenvalue weighted by Gasteiger charge is -2.13. The van der Waals surface area contributed by atoms with Gasteiger partial charge in [0, 0.05) is 30.4 Å². The van der Waals surface area contributed by atoms with Crippen LogP contribution in [0.4, 0.5) is 0 Å². The number of aromatic amines is 1. The third-order valence-corrected chi connectivity index (χ3v) is 2.45. The minimum atomic E-state index is 0.492. The van der Waals surface area contributed by atoms with Crippen molar-refractivity contribution in [2.75, 3.05) is 13.1 Å². The molecule has 0 aliphatic rings. The summed E-state index contributed by atoms with van der Waals surface area (Å²) in [5.74, 6) is 0. The first-order chi connectivity index (χ1) is 7.24. The van der Waals surface area contributed by atoms with E-state index >= 15 is 0 Å². The van der Waals surface area contributed by atoms with Crippen LogP contribution in [0.25, 0.3) is 0 Å². The first-order valence-corrected chi connectivity index (χ1v) is 5.67. The molecule has 0 saturated heterocycles. The van der Waals surface area contributed by atoms with E-state index in [1.807, 2.05) is 13.1 Å². The van der Waals surface area contributed by atoms with Gasteiger partial charge in [-0.2, -0.15) is 5.10 Å². The summed E-state index contributed by atoms with van der Waals surface area (Å²) in [6.07, 6.45) is 3.07. The lowest BCUT2D eigenvalue weighted by Crippen LogP contribution is -2.36. The Labute approximate surface area is 91.8 Å². The molecule has 4 nitrogen and oxygen atoms in total. The average Bonchev–Trinajstić information content (AvgIpc) is 2.61. The molecule has 0 radical (unpaired) electrons. The number of hydrogen-bond donors (Lipinski definition) is 3. The van der Waals surface area contributed by atoms with Crippen LogP contribution in [-0.2, 0) is 6.54 Å². The summed E-state index contributed by atoms with van der Waals surface area (Å²) in [5, 5.41) is 13.8. The van der Waals surface area contributed by atoms with Gasteiger partial charge in [0.25, 0.3) is 0 Å². The molecule has 1 atom stereocenters. The number of nitrogens with zero attached hydrogens (tertiary/aromatic N) is 1. The van der Waals surface area contributed by atoms with Crippen molar-refractivity contribution >= 4 is 0 Å². The van der Waals surface area contributed by atoms with Crippen LogP contribution in [0.2, 0.25) is 0 Å². The molecule has 1 aromatic heterocycles. The summed E-state index contributed by atoms with van der Waals surface area (Å²) < 4.78 is 0. The van der Waals surface area contributed by atoms with E-state index < -0.39 is 0 Å². The third-order valence-electron chi connectivity index (χ3n) is 2.45. The van der Waals surface area contributed by atoms with Crippen molar-refractivity contribution in [1.82, 2.24) is 20.8 Å². The maximum atomic E-state index is 3.99. The number of H-pyrrole nitrogens is 1. The van der Waals surface area contributed by atoms with Crippen molar-refractivity contribution in [3.05, 3.63) is 17.5 Å². The van der Waals surface area contributed by atoms with Crippen molar-refractivity contribution in [3.8, 4) is 0 Å². The molecule has 4 heteroatoms.